The molecule has 174 valence electrons. The topological polar surface area (TPSA) is 79.0 Å². The fraction of sp³-hybridized carbons (Fsp3) is 0.200. The van der Waals surface area contributed by atoms with Gasteiger partial charge in [-0.3, -0.25) is 4.79 Å². The van der Waals surface area contributed by atoms with Crippen LogP contribution in [-0.2, 0) is 20.4 Å². The lowest BCUT2D eigenvalue weighted by molar-refractivity contribution is -0.124. The largest absolute Gasteiger partial charge is 0.496 e. The Labute approximate surface area is 204 Å². The van der Waals surface area contributed by atoms with Crippen molar-refractivity contribution < 1.29 is 17.9 Å². The van der Waals surface area contributed by atoms with Crippen LogP contribution >= 0.6 is 12.2 Å². The van der Waals surface area contributed by atoms with E-state index in [4.69, 9.17) is 17.0 Å². The first-order chi connectivity index (χ1) is 16.2. The van der Waals surface area contributed by atoms with Gasteiger partial charge in [0.25, 0.3) is 15.9 Å². The fourth-order valence-electron chi connectivity index (χ4n) is 4.88. The van der Waals surface area contributed by atoms with Crippen molar-refractivity contribution in [2.75, 3.05) is 19.1 Å². The van der Waals surface area contributed by atoms with Gasteiger partial charge in [-0.05, 0) is 43.4 Å². The number of rotatable bonds is 4. The van der Waals surface area contributed by atoms with Crippen LogP contribution < -0.4 is 15.0 Å². The van der Waals surface area contributed by atoms with Gasteiger partial charge in [0.15, 0.2) is 10.7 Å². The lowest BCUT2D eigenvalue weighted by Crippen LogP contribution is -2.50. The quantitative estimate of drug-likeness (QED) is 0.561. The SMILES string of the molecule is COc1ccccc1[C@H]1N(S(=O)(=O)c2ccc(C)cc2)C(=S)N[C@]12C(=O)N(C)c1ccccc12. The molecule has 0 aliphatic carbocycles. The van der Waals surface area contributed by atoms with Crippen molar-refractivity contribution in [2.24, 2.45) is 0 Å². The number of amides is 1. The molecule has 7 nitrogen and oxygen atoms in total. The first kappa shape index (κ1) is 22.4. The number of carbonyl (C=O) groups excluding carboxylic acids is 1. The molecule has 3 aromatic carbocycles. The summed E-state index contributed by atoms with van der Waals surface area (Å²) in [7, 11) is -0.937. The van der Waals surface area contributed by atoms with Crippen LogP contribution in [0.2, 0.25) is 0 Å². The van der Waals surface area contributed by atoms with E-state index in [1.165, 1.54) is 12.0 Å². The number of ether oxygens (including phenoxy) is 1. The molecular weight excluding hydrogens is 470 g/mol. The third-order valence-electron chi connectivity index (χ3n) is 6.49. The minimum atomic E-state index is -4.13. The maximum atomic E-state index is 14.0. The van der Waals surface area contributed by atoms with Gasteiger partial charge in [0.2, 0.25) is 0 Å². The predicted octanol–water partition coefficient (Wildman–Crippen LogP) is 3.50. The van der Waals surface area contributed by atoms with Gasteiger partial charge in [0, 0.05) is 23.9 Å². The smallest absolute Gasteiger partial charge is 0.266 e. The number of nitrogens with zero attached hydrogens (tertiary/aromatic N) is 2. The molecule has 2 atom stereocenters. The summed E-state index contributed by atoms with van der Waals surface area (Å²) in [6, 6.07) is 20.0. The van der Waals surface area contributed by atoms with Crippen molar-refractivity contribution >= 4 is 38.9 Å². The van der Waals surface area contributed by atoms with Gasteiger partial charge in [-0.25, -0.2) is 12.7 Å². The zero-order chi connectivity index (χ0) is 24.3. The second-order valence-electron chi connectivity index (χ2n) is 8.38. The third kappa shape index (κ3) is 2.97. The van der Waals surface area contributed by atoms with Crippen LogP contribution in [0.3, 0.4) is 0 Å². The van der Waals surface area contributed by atoms with Crippen molar-refractivity contribution in [1.29, 1.82) is 0 Å². The summed E-state index contributed by atoms with van der Waals surface area (Å²) >= 11 is 5.63. The van der Waals surface area contributed by atoms with Crippen LogP contribution in [0, 0.1) is 6.92 Å². The number of para-hydroxylation sites is 2. The number of carbonyl (C=O) groups is 1. The highest BCUT2D eigenvalue weighted by Gasteiger charge is 2.65. The van der Waals surface area contributed by atoms with Crippen molar-refractivity contribution in [2.45, 2.75) is 23.4 Å². The zero-order valence-electron chi connectivity index (χ0n) is 18.8. The number of fused-ring (bicyclic) bond motifs is 2. The van der Waals surface area contributed by atoms with E-state index >= 15 is 0 Å². The average molecular weight is 494 g/mol. The lowest BCUT2D eigenvalue weighted by atomic mass is 9.81. The first-order valence-corrected chi connectivity index (χ1v) is 12.5. The number of likely N-dealkylation sites (N-methyl/N-ethyl adjacent to an activating group) is 1. The highest BCUT2D eigenvalue weighted by atomic mass is 32.2. The van der Waals surface area contributed by atoms with Crippen LogP contribution in [0.5, 0.6) is 5.75 Å². The molecule has 1 fully saturated rings. The molecule has 0 unspecified atom stereocenters. The number of nitrogens with one attached hydrogen (secondary N) is 1. The first-order valence-electron chi connectivity index (χ1n) is 10.7. The van der Waals surface area contributed by atoms with E-state index in [-0.39, 0.29) is 15.9 Å². The molecule has 1 N–H and O–H groups in total. The minimum absolute atomic E-state index is 0.0464. The molecule has 2 aliphatic heterocycles. The van der Waals surface area contributed by atoms with Crippen LogP contribution in [0.1, 0.15) is 22.7 Å². The van der Waals surface area contributed by atoms with Gasteiger partial charge in [-0.2, -0.15) is 0 Å². The Bertz CT molecular complexity index is 1420. The molecular formula is C25H23N3O4S2. The van der Waals surface area contributed by atoms with Gasteiger partial charge < -0.3 is 15.0 Å². The van der Waals surface area contributed by atoms with E-state index in [1.807, 2.05) is 31.2 Å². The Balaban J connectivity index is 1.81. The summed E-state index contributed by atoms with van der Waals surface area (Å²) in [4.78, 5) is 15.5. The van der Waals surface area contributed by atoms with Crippen LogP contribution in [0.15, 0.2) is 77.7 Å². The number of sulfonamides is 1. The average Bonchev–Trinajstić information content (AvgIpc) is 3.27. The molecule has 3 aromatic rings. The lowest BCUT2D eigenvalue weighted by Gasteiger charge is -2.33. The van der Waals surface area contributed by atoms with Crippen LogP contribution in [0.25, 0.3) is 0 Å². The van der Waals surface area contributed by atoms with Gasteiger partial charge in [-0.1, -0.05) is 54.1 Å². The van der Waals surface area contributed by atoms with E-state index in [9.17, 15) is 13.2 Å². The number of hydrogen-bond donors (Lipinski definition) is 1. The number of methoxy groups -OCH3 is 1. The molecule has 2 heterocycles. The second kappa shape index (κ2) is 7.82. The normalized spacial score (nSPS) is 21.7. The Morgan fingerprint density at radius 2 is 1.65 bits per heavy atom. The number of aryl methyl sites for hydroxylation is 1. The van der Waals surface area contributed by atoms with E-state index in [0.717, 1.165) is 9.87 Å². The van der Waals surface area contributed by atoms with E-state index in [2.05, 4.69) is 5.32 Å². The zero-order valence-corrected chi connectivity index (χ0v) is 20.5. The second-order valence-corrected chi connectivity index (χ2v) is 10.6. The molecule has 1 amide bonds. The Kier molecular flexibility index (Phi) is 5.14. The number of hydrogen-bond acceptors (Lipinski definition) is 5. The molecule has 1 spiro atoms. The molecule has 5 rings (SSSR count). The summed E-state index contributed by atoms with van der Waals surface area (Å²) < 4.78 is 34.8. The summed E-state index contributed by atoms with van der Waals surface area (Å²) in [5, 5.41) is 3.09. The Morgan fingerprint density at radius 1 is 1.00 bits per heavy atom. The number of benzene rings is 3. The molecule has 0 aromatic heterocycles. The van der Waals surface area contributed by atoms with Gasteiger partial charge in [-0.15, -0.1) is 0 Å². The summed E-state index contributed by atoms with van der Waals surface area (Å²) in [6.07, 6.45) is 0. The number of thiocarbonyl (C=S) groups is 1. The predicted molar refractivity (Wildman–Crippen MR) is 133 cm³/mol. The molecule has 2 aliphatic rings. The minimum Gasteiger partial charge on any atom is -0.496 e. The monoisotopic (exact) mass is 493 g/mol. The van der Waals surface area contributed by atoms with Crippen molar-refractivity contribution in [3.8, 4) is 5.75 Å². The summed E-state index contributed by atoms with van der Waals surface area (Å²) in [5.41, 5.74) is 1.36. The van der Waals surface area contributed by atoms with E-state index in [1.54, 1.807) is 55.6 Å². The Morgan fingerprint density at radius 3 is 2.35 bits per heavy atom. The molecule has 0 bridgehead atoms. The molecule has 0 radical (unpaired) electrons. The van der Waals surface area contributed by atoms with Crippen molar-refractivity contribution in [3.63, 3.8) is 0 Å². The van der Waals surface area contributed by atoms with Gasteiger partial charge in [0.05, 0.1) is 12.0 Å². The molecule has 34 heavy (non-hydrogen) atoms. The maximum absolute atomic E-state index is 14.0. The molecule has 1 saturated heterocycles. The molecule has 0 saturated carbocycles. The highest BCUT2D eigenvalue weighted by molar-refractivity contribution is 7.91. The van der Waals surface area contributed by atoms with Crippen molar-refractivity contribution in [1.82, 2.24) is 9.62 Å². The van der Waals surface area contributed by atoms with E-state index in [0.29, 0.717) is 22.6 Å². The third-order valence-corrected chi connectivity index (χ3v) is 8.69. The Hall–Kier alpha value is -3.43. The highest BCUT2D eigenvalue weighted by Crippen LogP contribution is 2.54. The fourth-order valence-corrected chi connectivity index (χ4v) is 6.96. The van der Waals surface area contributed by atoms with E-state index < -0.39 is 21.6 Å². The van der Waals surface area contributed by atoms with Crippen molar-refractivity contribution in [3.05, 3.63) is 89.5 Å². The summed E-state index contributed by atoms with van der Waals surface area (Å²) in [6.45, 7) is 1.88. The maximum Gasteiger partial charge on any atom is 0.266 e. The van der Waals surface area contributed by atoms with Gasteiger partial charge >= 0.3 is 0 Å². The summed E-state index contributed by atoms with van der Waals surface area (Å²) in [5.74, 6) is 0.163. The standard InChI is InChI=1S/C25H23N3O4S2/c1-16-12-14-17(15-13-16)34(30,31)28-22(18-8-4-7-11-21(18)32-3)25(26-24(28)33)19-9-5-6-10-20(19)27(2)23(25)29/h4-15,22H,1-3H3,(H,26,33)/t22-,25+/m1/s1. The molecule has 9 heteroatoms. The van der Waals surface area contributed by atoms with Crippen LogP contribution in [0.4, 0.5) is 5.69 Å². The number of anilines is 1. The van der Waals surface area contributed by atoms with Gasteiger partial charge in [0.1, 0.15) is 11.8 Å². The van der Waals surface area contributed by atoms with Crippen LogP contribution in [-0.4, -0.2) is 37.9 Å².